The fourth-order valence-corrected chi connectivity index (χ4v) is 1.15. The minimum Gasteiger partial charge on any atom is -0.466 e. The Labute approximate surface area is 78.1 Å². The second-order valence-corrected chi connectivity index (χ2v) is 2.72. The fourth-order valence-electron chi connectivity index (χ4n) is 1.15. The van der Waals surface area contributed by atoms with Crippen LogP contribution in [0.15, 0.2) is 24.3 Å². The Hall–Kier alpha value is -1.45. The van der Waals surface area contributed by atoms with Crippen molar-refractivity contribution in [1.82, 2.24) is 9.80 Å². The standard InChI is InChI=1S/C9H14N2O2/c1-4-11-6-5-10(2)8(11)7-9(12)13-3/h5-7H,4H2,1-3H3/b8-7+. The summed E-state index contributed by atoms with van der Waals surface area (Å²) < 4.78 is 4.56. The van der Waals surface area contributed by atoms with E-state index in [1.165, 1.54) is 13.2 Å². The topological polar surface area (TPSA) is 32.8 Å². The number of carbonyl (C=O) groups excluding carboxylic acids is 1. The maximum Gasteiger partial charge on any atom is 0.334 e. The summed E-state index contributed by atoms with van der Waals surface area (Å²) >= 11 is 0. The minimum absolute atomic E-state index is 0.330. The molecule has 1 aliphatic heterocycles. The molecule has 0 aromatic heterocycles. The smallest absolute Gasteiger partial charge is 0.334 e. The summed E-state index contributed by atoms with van der Waals surface area (Å²) in [5.74, 6) is 0.512. The lowest BCUT2D eigenvalue weighted by Crippen LogP contribution is -2.21. The summed E-state index contributed by atoms with van der Waals surface area (Å²) in [5.41, 5.74) is 0. The highest BCUT2D eigenvalue weighted by Gasteiger charge is 2.15. The van der Waals surface area contributed by atoms with Crippen molar-refractivity contribution in [3.05, 3.63) is 24.3 Å². The molecule has 0 unspecified atom stereocenters. The number of hydrogen-bond donors (Lipinski definition) is 0. The largest absolute Gasteiger partial charge is 0.466 e. The van der Waals surface area contributed by atoms with E-state index < -0.39 is 0 Å². The van der Waals surface area contributed by atoms with Gasteiger partial charge in [-0.05, 0) is 6.92 Å². The molecule has 0 bridgehead atoms. The molecule has 72 valence electrons. The molecule has 0 atom stereocenters. The first-order chi connectivity index (χ1) is 6.19. The fraction of sp³-hybridized carbons (Fsp3) is 0.444. The van der Waals surface area contributed by atoms with Crippen LogP contribution in [0.2, 0.25) is 0 Å². The van der Waals surface area contributed by atoms with Crippen molar-refractivity contribution in [2.75, 3.05) is 20.7 Å². The molecule has 0 radical (unpaired) electrons. The Bertz CT molecular complexity index is 258. The van der Waals surface area contributed by atoms with Gasteiger partial charge < -0.3 is 14.5 Å². The second-order valence-electron chi connectivity index (χ2n) is 2.72. The third kappa shape index (κ3) is 2.02. The van der Waals surface area contributed by atoms with Crippen LogP contribution in [0, 0.1) is 0 Å². The van der Waals surface area contributed by atoms with E-state index in [9.17, 15) is 4.79 Å². The van der Waals surface area contributed by atoms with Crippen LogP contribution >= 0.6 is 0 Å². The first-order valence-corrected chi connectivity index (χ1v) is 4.16. The molecule has 0 aromatic carbocycles. The summed E-state index contributed by atoms with van der Waals surface area (Å²) in [6, 6.07) is 0. The number of ether oxygens (including phenoxy) is 1. The van der Waals surface area contributed by atoms with E-state index in [2.05, 4.69) is 4.74 Å². The molecule has 0 spiro atoms. The van der Waals surface area contributed by atoms with Crippen LogP contribution in [0.4, 0.5) is 0 Å². The molecule has 1 rings (SSSR count). The molecule has 0 aliphatic carbocycles. The molecular formula is C9H14N2O2. The average molecular weight is 182 g/mol. The highest BCUT2D eigenvalue weighted by molar-refractivity contribution is 5.82. The van der Waals surface area contributed by atoms with E-state index >= 15 is 0 Å². The van der Waals surface area contributed by atoms with Crippen molar-refractivity contribution >= 4 is 5.97 Å². The zero-order valence-corrected chi connectivity index (χ0v) is 8.15. The predicted molar refractivity (Wildman–Crippen MR) is 49.4 cm³/mol. The van der Waals surface area contributed by atoms with Gasteiger partial charge in [-0.15, -0.1) is 0 Å². The maximum absolute atomic E-state index is 11.0. The van der Waals surface area contributed by atoms with Crippen molar-refractivity contribution in [3.63, 3.8) is 0 Å². The average Bonchev–Trinajstić information content (AvgIpc) is 2.48. The number of carbonyl (C=O) groups is 1. The molecular weight excluding hydrogens is 168 g/mol. The lowest BCUT2D eigenvalue weighted by atomic mass is 10.5. The zero-order chi connectivity index (χ0) is 9.84. The highest BCUT2D eigenvalue weighted by Crippen LogP contribution is 2.16. The lowest BCUT2D eigenvalue weighted by Gasteiger charge is -2.19. The first-order valence-electron chi connectivity index (χ1n) is 4.16. The first kappa shape index (κ1) is 9.64. The van der Waals surface area contributed by atoms with Gasteiger partial charge in [-0.3, -0.25) is 0 Å². The van der Waals surface area contributed by atoms with Crippen LogP contribution in [0.1, 0.15) is 6.92 Å². The Balaban J connectivity index is 2.77. The van der Waals surface area contributed by atoms with Crippen LogP contribution in [0.25, 0.3) is 0 Å². The van der Waals surface area contributed by atoms with Crippen LogP contribution in [-0.4, -0.2) is 36.5 Å². The molecule has 13 heavy (non-hydrogen) atoms. The lowest BCUT2D eigenvalue weighted by molar-refractivity contribution is -0.135. The van der Waals surface area contributed by atoms with Crippen LogP contribution in [0.3, 0.4) is 0 Å². The minimum atomic E-state index is -0.330. The van der Waals surface area contributed by atoms with Gasteiger partial charge in [0.05, 0.1) is 13.2 Å². The van der Waals surface area contributed by atoms with Crippen molar-refractivity contribution in [1.29, 1.82) is 0 Å². The molecule has 0 N–H and O–H groups in total. The summed E-state index contributed by atoms with van der Waals surface area (Å²) in [7, 11) is 3.26. The molecule has 0 fully saturated rings. The molecule has 0 saturated heterocycles. The van der Waals surface area contributed by atoms with Gasteiger partial charge in [0, 0.05) is 26.0 Å². The Morgan fingerprint density at radius 3 is 2.85 bits per heavy atom. The second kappa shape index (κ2) is 3.98. The number of methoxy groups -OCH3 is 1. The van der Waals surface area contributed by atoms with Gasteiger partial charge in [-0.2, -0.15) is 0 Å². The molecule has 0 aromatic rings. The summed E-state index contributed by atoms with van der Waals surface area (Å²) in [6.07, 6.45) is 5.30. The molecule has 0 saturated carbocycles. The molecule has 4 heteroatoms. The van der Waals surface area contributed by atoms with E-state index in [1.54, 1.807) is 0 Å². The number of esters is 1. The number of hydrogen-bond acceptors (Lipinski definition) is 4. The molecule has 4 nitrogen and oxygen atoms in total. The Morgan fingerprint density at radius 2 is 2.31 bits per heavy atom. The van der Waals surface area contributed by atoms with Crippen LogP contribution in [-0.2, 0) is 9.53 Å². The SMILES string of the molecule is CCN1C=CN(C)/C1=C\C(=O)OC. The number of rotatable bonds is 2. The van der Waals surface area contributed by atoms with Crippen LogP contribution < -0.4 is 0 Å². The summed E-state index contributed by atoms with van der Waals surface area (Å²) in [5, 5.41) is 0. The van der Waals surface area contributed by atoms with E-state index in [0.29, 0.717) is 0 Å². The van der Waals surface area contributed by atoms with Crippen molar-refractivity contribution in [2.24, 2.45) is 0 Å². The van der Waals surface area contributed by atoms with Gasteiger partial charge in [-0.1, -0.05) is 0 Å². The van der Waals surface area contributed by atoms with Gasteiger partial charge in [0.1, 0.15) is 5.82 Å². The number of nitrogens with zero attached hydrogens (tertiary/aromatic N) is 2. The monoisotopic (exact) mass is 182 g/mol. The van der Waals surface area contributed by atoms with E-state index in [0.717, 1.165) is 12.4 Å². The van der Waals surface area contributed by atoms with Gasteiger partial charge in [-0.25, -0.2) is 4.79 Å². The third-order valence-corrected chi connectivity index (χ3v) is 1.91. The van der Waals surface area contributed by atoms with Gasteiger partial charge in [0.2, 0.25) is 0 Å². The summed E-state index contributed by atoms with van der Waals surface area (Å²) in [6.45, 7) is 2.86. The molecule has 0 amide bonds. The van der Waals surface area contributed by atoms with E-state index in [4.69, 9.17) is 0 Å². The van der Waals surface area contributed by atoms with Gasteiger partial charge in [0.15, 0.2) is 0 Å². The predicted octanol–water partition coefficient (Wildman–Crippen LogP) is 0.739. The maximum atomic E-state index is 11.0. The molecule has 1 aliphatic rings. The molecule has 1 heterocycles. The highest BCUT2D eigenvalue weighted by atomic mass is 16.5. The van der Waals surface area contributed by atoms with E-state index in [-0.39, 0.29) is 5.97 Å². The van der Waals surface area contributed by atoms with Crippen molar-refractivity contribution in [3.8, 4) is 0 Å². The zero-order valence-electron chi connectivity index (χ0n) is 8.15. The third-order valence-electron chi connectivity index (χ3n) is 1.91. The van der Waals surface area contributed by atoms with Gasteiger partial charge in [0.25, 0.3) is 0 Å². The van der Waals surface area contributed by atoms with Crippen molar-refractivity contribution in [2.45, 2.75) is 6.92 Å². The van der Waals surface area contributed by atoms with Crippen LogP contribution in [0.5, 0.6) is 0 Å². The quantitative estimate of drug-likeness (QED) is 0.466. The Morgan fingerprint density at radius 1 is 1.62 bits per heavy atom. The van der Waals surface area contributed by atoms with E-state index in [1.807, 2.05) is 36.2 Å². The van der Waals surface area contributed by atoms with Crippen molar-refractivity contribution < 1.29 is 9.53 Å². The normalized spacial score (nSPS) is 18.5. The van der Waals surface area contributed by atoms with Gasteiger partial charge >= 0.3 is 5.97 Å². The Kier molecular flexibility index (Phi) is 2.95. The summed E-state index contributed by atoms with van der Waals surface area (Å²) in [4.78, 5) is 14.8.